The maximum Gasteiger partial charge on any atom is 0.411 e. The molecule has 10 nitrogen and oxygen atoms in total. The van der Waals surface area contributed by atoms with Crippen molar-refractivity contribution in [3.63, 3.8) is 0 Å². The van der Waals surface area contributed by atoms with E-state index < -0.39 is 11.2 Å². The molecule has 3 fully saturated rings. The Morgan fingerprint density at radius 1 is 0.826 bits per heavy atom. The summed E-state index contributed by atoms with van der Waals surface area (Å²) in [7, 11) is 0. The Morgan fingerprint density at radius 3 is 2.26 bits per heavy atom. The second-order valence-corrected chi connectivity index (χ2v) is 15.0. The first-order chi connectivity index (χ1) is 21.8. The van der Waals surface area contributed by atoms with Crippen LogP contribution in [0.3, 0.4) is 0 Å². The fourth-order valence-corrected chi connectivity index (χ4v) is 7.35. The number of nitrogens with one attached hydrogen (secondary N) is 2. The number of aromatic nitrogens is 4. The van der Waals surface area contributed by atoms with Crippen LogP contribution in [-0.2, 0) is 9.47 Å². The second-order valence-electron chi connectivity index (χ2n) is 15.0. The van der Waals surface area contributed by atoms with Crippen LogP contribution in [0.4, 0.5) is 9.59 Å². The monoisotopic (exact) mass is 624 g/mol. The van der Waals surface area contributed by atoms with Gasteiger partial charge in [0, 0.05) is 12.6 Å². The van der Waals surface area contributed by atoms with Gasteiger partial charge in [0.2, 0.25) is 0 Å². The zero-order valence-electron chi connectivity index (χ0n) is 27.6. The summed E-state index contributed by atoms with van der Waals surface area (Å²) in [5, 5.41) is 0. The highest BCUT2D eigenvalue weighted by Gasteiger charge is 2.51. The molecule has 2 amide bonds. The minimum Gasteiger partial charge on any atom is -0.444 e. The van der Waals surface area contributed by atoms with Crippen LogP contribution in [0.25, 0.3) is 33.4 Å². The quantitative estimate of drug-likeness (QED) is 0.237. The third kappa shape index (κ3) is 5.85. The van der Waals surface area contributed by atoms with E-state index in [1.54, 1.807) is 4.90 Å². The minimum atomic E-state index is -0.541. The number of hydrogen-bond donors (Lipinski definition) is 2. The number of H-pyrrole nitrogens is 2. The van der Waals surface area contributed by atoms with Gasteiger partial charge in [-0.05, 0) is 108 Å². The maximum absolute atomic E-state index is 13.2. The van der Waals surface area contributed by atoms with Crippen molar-refractivity contribution < 1.29 is 19.1 Å². The largest absolute Gasteiger partial charge is 0.444 e. The Labute approximate surface area is 269 Å². The molecule has 242 valence electrons. The molecule has 4 heterocycles. The molecule has 1 saturated carbocycles. The smallest absolute Gasteiger partial charge is 0.411 e. The SMILES string of the molecule is CC(C)(C)OC(=O)N1CCC[C@H]1c1ncc(-c2ccc(-c3ccc4nc([C@@H]5[C@H]6CC[C@H](C6)N5C(=O)OC(C)(C)C)[nH]c4c3)cc2)[nH]1. The van der Waals surface area contributed by atoms with E-state index in [1.165, 1.54) is 0 Å². The molecule has 2 aromatic carbocycles. The number of piperidine rings is 1. The van der Waals surface area contributed by atoms with E-state index in [9.17, 15) is 9.59 Å². The molecule has 2 bridgehead atoms. The Hall–Kier alpha value is -4.34. The standard InChI is InChI=1S/C36H44N6O4/c1-35(2,3)45-33(43)41-17-7-8-29(41)31-37-20-28(40-31)22-11-9-21(10-12-22)23-14-16-26-27(19-23)39-32(38-26)30-24-13-15-25(18-24)42(30)34(44)46-36(4,5)6/h9-12,14,16,19-20,24-25,29-30H,7-8,13,15,17-18H2,1-6H3,(H,37,40)(H,38,39)/t24-,25+,29-,30-/m0/s1. The number of aromatic amines is 2. The van der Waals surface area contributed by atoms with E-state index in [2.05, 4.69) is 51.4 Å². The third-order valence-electron chi connectivity index (χ3n) is 9.29. The van der Waals surface area contributed by atoms with Crippen LogP contribution in [0.2, 0.25) is 0 Å². The topological polar surface area (TPSA) is 116 Å². The molecule has 3 aliphatic rings. The van der Waals surface area contributed by atoms with E-state index in [1.807, 2.05) is 58.7 Å². The highest BCUT2D eigenvalue weighted by Crippen LogP contribution is 2.50. The lowest BCUT2D eigenvalue weighted by Gasteiger charge is -2.35. The Kier molecular flexibility index (Phi) is 7.36. The first-order valence-electron chi connectivity index (χ1n) is 16.5. The van der Waals surface area contributed by atoms with Gasteiger partial charge >= 0.3 is 12.2 Å². The number of amides is 2. The van der Waals surface area contributed by atoms with Crippen LogP contribution in [0.15, 0.2) is 48.7 Å². The molecule has 4 atom stereocenters. The molecule has 46 heavy (non-hydrogen) atoms. The van der Waals surface area contributed by atoms with Gasteiger partial charge in [0.25, 0.3) is 0 Å². The number of carbonyl (C=O) groups is 2. The number of ether oxygens (including phenoxy) is 2. The van der Waals surface area contributed by atoms with E-state index in [4.69, 9.17) is 14.5 Å². The number of rotatable bonds is 4. The summed E-state index contributed by atoms with van der Waals surface area (Å²) in [4.78, 5) is 46.3. The summed E-state index contributed by atoms with van der Waals surface area (Å²) < 4.78 is 11.4. The fraction of sp³-hybridized carbons (Fsp3) is 0.500. The summed E-state index contributed by atoms with van der Waals surface area (Å²) in [6.07, 6.45) is 6.18. The van der Waals surface area contributed by atoms with E-state index >= 15 is 0 Å². The molecule has 0 unspecified atom stereocenters. The van der Waals surface area contributed by atoms with Gasteiger partial charge in [-0.2, -0.15) is 0 Å². The summed E-state index contributed by atoms with van der Waals surface area (Å²) in [6, 6.07) is 14.6. The maximum atomic E-state index is 13.2. The van der Waals surface area contributed by atoms with Crippen molar-refractivity contribution in [2.45, 2.75) is 103 Å². The first-order valence-corrected chi connectivity index (χ1v) is 16.5. The van der Waals surface area contributed by atoms with Crippen LogP contribution in [0.5, 0.6) is 0 Å². The molecule has 0 spiro atoms. The van der Waals surface area contributed by atoms with Gasteiger partial charge in [-0.15, -0.1) is 0 Å². The molecule has 2 aliphatic heterocycles. The van der Waals surface area contributed by atoms with Gasteiger partial charge in [0.1, 0.15) is 22.9 Å². The van der Waals surface area contributed by atoms with Crippen molar-refractivity contribution in [2.24, 2.45) is 5.92 Å². The summed E-state index contributed by atoms with van der Waals surface area (Å²) in [5.41, 5.74) is 4.86. The summed E-state index contributed by atoms with van der Waals surface area (Å²) >= 11 is 0. The normalized spacial score (nSPS) is 23.0. The average Bonchev–Trinajstić information content (AvgIpc) is 3.82. The average molecular weight is 625 g/mol. The number of fused-ring (bicyclic) bond motifs is 3. The lowest BCUT2D eigenvalue weighted by atomic mass is 9.98. The van der Waals surface area contributed by atoms with Gasteiger partial charge in [-0.25, -0.2) is 19.6 Å². The summed E-state index contributed by atoms with van der Waals surface area (Å²) in [6.45, 7) is 12.0. The van der Waals surface area contributed by atoms with Gasteiger partial charge in [0.15, 0.2) is 0 Å². The molecule has 0 radical (unpaired) electrons. The van der Waals surface area contributed by atoms with E-state index in [-0.39, 0.29) is 30.3 Å². The zero-order valence-corrected chi connectivity index (χ0v) is 27.6. The fourth-order valence-electron chi connectivity index (χ4n) is 7.35. The molecular weight excluding hydrogens is 580 g/mol. The van der Waals surface area contributed by atoms with Crippen molar-refractivity contribution in [3.05, 3.63) is 60.3 Å². The number of imidazole rings is 2. The second kappa shape index (κ2) is 11.2. The Bertz CT molecular complexity index is 1760. The Balaban J connectivity index is 1.08. The van der Waals surface area contributed by atoms with E-state index in [0.29, 0.717) is 12.5 Å². The molecule has 7 rings (SSSR count). The predicted octanol–water partition coefficient (Wildman–Crippen LogP) is 8.15. The molecule has 2 aromatic heterocycles. The third-order valence-corrected chi connectivity index (χ3v) is 9.29. The van der Waals surface area contributed by atoms with Crippen LogP contribution in [0.1, 0.15) is 97.4 Å². The number of benzene rings is 2. The predicted molar refractivity (Wildman–Crippen MR) is 176 cm³/mol. The van der Waals surface area contributed by atoms with Crippen molar-refractivity contribution in [1.29, 1.82) is 0 Å². The molecule has 10 heteroatoms. The molecule has 4 aromatic rings. The van der Waals surface area contributed by atoms with Crippen molar-refractivity contribution >= 4 is 23.2 Å². The molecule has 2 N–H and O–H groups in total. The summed E-state index contributed by atoms with van der Waals surface area (Å²) in [5.74, 6) is 2.01. The number of carbonyl (C=O) groups excluding carboxylic acids is 2. The van der Waals surface area contributed by atoms with Crippen molar-refractivity contribution in [2.75, 3.05) is 6.54 Å². The molecule has 2 saturated heterocycles. The van der Waals surface area contributed by atoms with Crippen LogP contribution >= 0.6 is 0 Å². The number of hydrogen-bond acceptors (Lipinski definition) is 6. The number of nitrogens with zero attached hydrogens (tertiary/aromatic N) is 4. The van der Waals surface area contributed by atoms with Gasteiger partial charge in [-0.3, -0.25) is 9.80 Å². The Morgan fingerprint density at radius 2 is 1.52 bits per heavy atom. The zero-order chi connectivity index (χ0) is 32.4. The van der Waals surface area contributed by atoms with Crippen molar-refractivity contribution in [3.8, 4) is 22.4 Å². The lowest BCUT2D eigenvalue weighted by molar-refractivity contribution is 0.00616. The number of likely N-dealkylation sites (tertiary alicyclic amines) is 2. The van der Waals surface area contributed by atoms with Gasteiger partial charge < -0.3 is 19.4 Å². The lowest BCUT2D eigenvalue weighted by Crippen LogP contribution is -2.43. The first kappa shape index (κ1) is 30.3. The van der Waals surface area contributed by atoms with E-state index in [0.717, 1.165) is 77.2 Å². The van der Waals surface area contributed by atoms with Crippen molar-refractivity contribution in [1.82, 2.24) is 29.7 Å². The van der Waals surface area contributed by atoms with Crippen LogP contribution in [-0.4, -0.2) is 65.7 Å². The molecule has 1 aliphatic carbocycles. The molecular formula is C36H44N6O4. The minimum absolute atomic E-state index is 0.0940. The van der Waals surface area contributed by atoms with Gasteiger partial charge in [-0.1, -0.05) is 30.3 Å². The van der Waals surface area contributed by atoms with Gasteiger partial charge in [0.05, 0.1) is 35.0 Å². The van der Waals surface area contributed by atoms with Crippen LogP contribution < -0.4 is 0 Å². The highest BCUT2D eigenvalue weighted by atomic mass is 16.6. The highest BCUT2D eigenvalue weighted by molar-refractivity contribution is 5.83. The van der Waals surface area contributed by atoms with Crippen LogP contribution in [0, 0.1) is 5.92 Å².